The fraction of sp³-hybridized carbons (Fsp3) is 0.488. The molecule has 4 aromatic rings. The third-order valence-electron chi connectivity index (χ3n) is 11.2. The molecule has 1 unspecified atom stereocenters. The van der Waals surface area contributed by atoms with E-state index >= 15 is 4.39 Å². The minimum atomic E-state index is -1.18. The Hall–Kier alpha value is -4.81. The number of halogens is 2. The summed E-state index contributed by atoms with van der Waals surface area (Å²) in [6.45, 7) is 9.69. The number of piperazine rings is 1. The molecule has 1 atom stereocenters. The highest BCUT2D eigenvalue weighted by Gasteiger charge is 2.32. The number of aliphatic hydroxyl groups excluding tert-OH is 1. The van der Waals surface area contributed by atoms with E-state index in [9.17, 15) is 24.3 Å². The normalized spacial score (nSPS) is 18.1. The molecule has 3 aliphatic rings. The van der Waals surface area contributed by atoms with Gasteiger partial charge in [-0.05, 0) is 92.2 Å². The van der Waals surface area contributed by atoms with Crippen molar-refractivity contribution >= 4 is 50.3 Å². The Kier molecular flexibility index (Phi) is 13.6. The number of hydrogen-bond donors (Lipinski definition) is 3. The summed E-state index contributed by atoms with van der Waals surface area (Å²) in [4.78, 5) is 63.3. The number of carbonyl (C=O) groups excluding carboxylic acids is 3. The lowest BCUT2D eigenvalue weighted by Crippen LogP contribution is -2.52. The summed E-state index contributed by atoms with van der Waals surface area (Å²) in [5, 5.41) is 22.0. The Morgan fingerprint density at radius 3 is 2.28 bits per heavy atom. The van der Waals surface area contributed by atoms with Crippen molar-refractivity contribution in [1.82, 2.24) is 34.8 Å². The lowest BCUT2D eigenvalue weighted by molar-refractivity contribution is -0.137. The Labute approximate surface area is 356 Å². The van der Waals surface area contributed by atoms with Crippen molar-refractivity contribution < 1.29 is 33.4 Å². The molecule has 3 amide bonds. The molecule has 15 nitrogen and oxygen atoms in total. The third kappa shape index (κ3) is 10.7. The summed E-state index contributed by atoms with van der Waals surface area (Å²) >= 11 is 3.37. The van der Waals surface area contributed by atoms with Crippen LogP contribution in [0.4, 0.5) is 14.9 Å². The van der Waals surface area contributed by atoms with Gasteiger partial charge in [0, 0.05) is 80.4 Å². The maximum Gasteiger partial charge on any atom is 0.412 e. The van der Waals surface area contributed by atoms with Gasteiger partial charge in [0.1, 0.15) is 17.6 Å². The molecule has 7 rings (SSSR count). The minimum absolute atomic E-state index is 0.0140. The monoisotopic (exact) mass is 890 g/mol. The molecule has 3 aliphatic heterocycles. The van der Waals surface area contributed by atoms with Gasteiger partial charge in [-0.2, -0.15) is 5.10 Å². The molecule has 3 N–H and O–H groups in total. The van der Waals surface area contributed by atoms with Crippen molar-refractivity contribution in [2.75, 3.05) is 64.2 Å². The van der Waals surface area contributed by atoms with E-state index in [0.29, 0.717) is 80.6 Å². The van der Waals surface area contributed by atoms with Crippen LogP contribution >= 0.6 is 15.9 Å². The summed E-state index contributed by atoms with van der Waals surface area (Å²) in [6.07, 6.45) is 3.07. The molecular formula is C43H52BrFN8O7. The molecule has 3 saturated heterocycles. The van der Waals surface area contributed by atoms with E-state index in [2.05, 4.69) is 41.3 Å². The highest BCUT2D eigenvalue weighted by Crippen LogP contribution is 2.28. The number of pyridine rings is 1. The average molecular weight is 892 g/mol. The molecule has 0 spiro atoms. The molecule has 3 fully saturated rings. The molecule has 0 saturated carbocycles. The second-order valence-corrected chi connectivity index (χ2v) is 17.6. The first-order valence-electron chi connectivity index (χ1n) is 20.5. The topological polar surface area (TPSA) is 174 Å². The van der Waals surface area contributed by atoms with Crippen LogP contribution in [0.2, 0.25) is 0 Å². The van der Waals surface area contributed by atoms with Gasteiger partial charge in [0.2, 0.25) is 5.91 Å². The average Bonchev–Trinajstić information content (AvgIpc) is 3.22. The van der Waals surface area contributed by atoms with Gasteiger partial charge in [-0.1, -0.05) is 24.3 Å². The first kappa shape index (κ1) is 43.3. The Balaban J connectivity index is 0.830. The van der Waals surface area contributed by atoms with E-state index < -0.39 is 23.7 Å². The number of aliphatic hydroxyl groups is 1. The van der Waals surface area contributed by atoms with Crippen LogP contribution in [0.15, 0.2) is 64.0 Å². The number of ether oxygens (including phenoxy) is 2. The van der Waals surface area contributed by atoms with Crippen LogP contribution in [0.1, 0.15) is 80.0 Å². The summed E-state index contributed by atoms with van der Waals surface area (Å²) in [5.41, 5.74) is 1.00. The van der Waals surface area contributed by atoms with Crippen molar-refractivity contribution in [3.05, 3.63) is 97.9 Å². The Bertz CT molecular complexity index is 2250. The Morgan fingerprint density at radius 2 is 1.60 bits per heavy atom. The predicted molar refractivity (Wildman–Crippen MR) is 226 cm³/mol. The molecule has 0 radical (unpaired) electrons. The van der Waals surface area contributed by atoms with Crippen LogP contribution in [0.5, 0.6) is 0 Å². The van der Waals surface area contributed by atoms with Crippen LogP contribution < -0.4 is 10.9 Å². The van der Waals surface area contributed by atoms with Gasteiger partial charge in [-0.25, -0.2) is 19.3 Å². The van der Waals surface area contributed by atoms with E-state index in [1.807, 2.05) is 12.1 Å². The number of amides is 3. The van der Waals surface area contributed by atoms with Gasteiger partial charge >= 0.3 is 6.09 Å². The molecule has 2 aromatic heterocycles. The van der Waals surface area contributed by atoms with Gasteiger partial charge in [0.05, 0.1) is 35.5 Å². The number of rotatable bonds is 10. The summed E-state index contributed by atoms with van der Waals surface area (Å²) in [6, 6.07) is 13.5. The van der Waals surface area contributed by atoms with Gasteiger partial charge in [0.25, 0.3) is 11.5 Å². The predicted octanol–water partition coefficient (Wildman–Crippen LogP) is 5.08. The van der Waals surface area contributed by atoms with E-state index in [1.54, 1.807) is 65.8 Å². The number of nitrogens with one attached hydrogen (secondary N) is 2. The first-order valence-corrected chi connectivity index (χ1v) is 21.3. The molecular weight excluding hydrogens is 839 g/mol. The standard InChI is InChI=1S/C43H52BrFN8O7/c1-43(2,3)60-42(58)47-36-24-28(44)25-46-38(36)41(57)52-16-12-30(13-17-52)59-29-10-14-50(15-11-29)26-37(54)51-18-20-53(21-19-51)40(56)33-22-27(8-9-34(33)45)23-35-31-6-4-5-7-32(31)39(55)49-48-35/h4-9,22,24-25,29-30,40,56H,10-21,23,26H2,1-3H3,(H,47,58)(H,49,55). The van der Waals surface area contributed by atoms with Crippen LogP contribution in [0.3, 0.4) is 0 Å². The number of nitrogens with zero attached hydrogens (tertiary/aromatic N) is 6. The van der Waals surface area contributed by atoms with E-state index in [-0.39, 0.29) is 46.5 Å². The summed E-state index contributed by atoms with van der Waals surface area (Å²) in [5.74, 6) is -0.760. The summed E-state index contributed by atoms with van der Waals surface area (Å²) in [7, 11) is 0. The lowest BCUT2D eigenvalue weighted by atomic mass is 10.0. The zero-order valence-electron chi connectivity index (χ0n) is 34.2. The largest absolute Gasteiger partial charge is 0.444 e. The van der Waals surface area contributed by atoms with Crippen molar-refractivity contribution in [3.8, 4) is 0 Å². The fourth-order valence-corrected chi connectivity index (χ4v) is 8.37. The second kappa shape index (κ2) is 18.8. The smallest absolute Gasteiger partial charge is 0.412 e. The highest BCUT2D eigenvalue weighted by atomic mass is 79.9. The van der Waals surface area contributed by atoms with Crippen LogP contribution in [-0.2, 0) is 20.7 Å². The maximum atomic E-state index is 15.1. The van der Waals surface area contributed by atoms with Gasteiger partial charge < -0.3 is 24.4 Å². The number of anilines is 1. The number of carbonyl (C=O) groups is 3. The number of likely N-dealkylation sites (tertiary alicyclic amines) is 2. The van der Waals surface area contributed by atoms with Crippen molar-refractivity contribution in [2.24, 2.45) is 0 Å². The lowest BCUT2D eigenvalue weighted by Gasteiger charge is -2.39. The van der Waals surface area contributed by atoms with Crippen molar-refractivity contribution in [2.45, 2.75) is 76.9 Å². The van der Waals surface area contributed by atoms with Crippen LogP contribution in [0.25, 0.3) is 10.8 Å². The molecule has 320 valence electrons. The third-order valence-corrected chi connectivity index (χ3v) is 11.6. The molecule has 0 aliphatic carbocycles. The number of benzene rings is 2. The highest BCUT2D eigenvalue weighted by molar-refractivity contribution is 9.10. The zero-order valence-corrected chi connectivity index (χ0v) is 35.7. The van der Waals surface area contributed by atoms with Gasteiger partial charge in [0.15, 0.2) is 5.69 Å². The van der Waals surface area contributed by atoms with Crippen molar-refractivity contribution in [1.29, 1.82) is 0 Å². The van der Waals surface area contributed by atoms with E-state index in [1.165, 1.54) is 12.3 Å². The number of fused-ring (bicyclic) bond motifs is 1. The fourth-order valence-electron chi connectivity index (χ4n) is 8.04. The van der Waals surface area contributed by atoms with Crippen molar-refractivity contribution in [3.63, 3.8) is 0 Å². The molecule has 5 heterocycles. The number of aromatic amines is 1. The number of H-pyrrole nitrogens is 1. The molecule has 0 bridgehead atoms. The van der Waals surface area contributed by atoms with Crippen LogP contribution in [0, 0.1) is 5.82 Å². The minimum Gasteiger partial charge on any atom is -0.444 e. The van der Waals surface area contributed by atoms with Gasteiger partial charge in [-0.3, -0.25) is 29.5 Å². The van der Waals surface area contributed by atoms with Gasteiger partial charge in [-0.15, -0.1) is 0 Å². The Morgan fingerprint density at radius 1 is 0.933 bits per heavy atom. The maximum absolute atomic E-state index is 15.1. The number of piperidine rings is 2. The van der Waals surface area contributed by atoms with E-state index in [0.717, 1.165) is 36.9 Å². The number of aromatic nitrogens is 3. The van der Waals surface area contributed by atoms with Crippen LogP contribution in [-0.4, -0.2) is 135 Å². The summed E-state index contributed by atoms with van der Waals surface area (Å²) < 4.78 is 27.6. The first-order chi connectivity index (χ1) is 28.7. The quantitative estimate of drug-likeness (QED) is 0.194. The molecule has 2 aromatic carbocycles. The SMILES string of the molecule is CC(C)(C)OC(=O)Nc1cc(Br)cnc1C(=O)N1CCC(OC2CCN(CC(=O)N3CCN(C(O)c4cc(Cc5n[nH]c(=O)c6ccccc56)ccc4F)CC3)CC2)CC1. The number of hydrogen-bond acceptors (Lipinski definition) is 11. The second-order valence-electron chi connectivity index (χ2n) is 16.6. The van der Waals surface area contributed by atoms with E-state index in [4.69, 9.17) is 9.47 Å². The molecule has 60 heavy (non-hydrogen) atoms. The zero-order chi connectivity index (χ0) is 42.6. The molecule has 17 heteroatoms.